The maximum atomic E-state index is 11.9. The van der Waals surface area contributed by atoms with Gasteiger partial charge < -0.3 is 24.8 Å². The van der Waals surface area contributed by atoms with Gasteiger partial charge in [-0.25, -0.2) is 4.79 Å². The molecule has 0 bridgehead atoms. The van der Waals surface area contributed by atoms with Crippen LogP contribution in [0.15, 0.2) is 47.5 Å². The highest BCUT2D eigenvalue weighted by Gasteiger charge is 2.13. The molecule has 27 heavy (non-hydrogen) atoms. The molecule has 2 aromatic rings. The Balaban J connectivity index is 2.00. The number of benzene rings is 2. The Morgan fingerprint density at radius 1 is 0.963 bits per heavy atom. The second kappa shape index (κ2) is 10.1. The van der Waals surface area contributed by atoms with Gasteiger partial charge in [-0.05, 0) is 23.8 Å². The predicted molar refractivity (Wildman–Crippen MR) is 104 cm³/mol. The fourth-order valence-corrected chi connectivity index (χ4v) is 2.57. The summed E-state index contributed by atoms with van der Waals surface area (Å²) >= 11 is 0. The zero-order chi connectivity index (χ0) is 19.6. The summed E-state index contributed by atoms with van der Waals surface area (Å²) in [5.41, 5.74) is 2.31. The molecule has 0 aliphatic carbocycles. The van der Waals surface area contributed by atoms with Crippen molar-refractivity contribution in [3.63, 3.8) is 0 Å². The lowest BCUT2D eigenvalue weighted by atomic mass is 10.1. The zero-order valence-corrected chi connectivity index (χ0v) is 16.0. The summed E-state index contributed by atoms with van der Waals surface area (Å²) in [5, 5.41) is 6.46. The van der Waals surface area contributed by atoms with Gasteiger partial charge in [-0.2, -0.15) is 0 Å². The minimum atomic E-state index is -0.438. The second-order valence-corrected chi connectivity index (χ2v) is 5.62. The first-order valence-corrected chi connectivity index (χ1v) is 8.44. The summed E-state index contributed by atoms with van der Waals surface area (Å²) in [5.74, 6) is 1.49. The molecule has 0 radical (unpaired) electrons. The van der Waals surface area contributed by atoms with E-state index in [2.05, 4.69) is 15.6 Å². The van der Waals surface area contributed by atoms with Gasteiger partial charge in [0.25, 0.3) is 0 Å². The first-order chi connectivity index (χ1) is 13.1. The Labute approximate surface area is 159 Å². The highest BCUT2D eigenvalue weighted by molar-refractivity contribution is 5.92. The first-order valence-electron chi connectivity index (χ1n) is 8.44. The van der Waals surface area contributed by atoms with Crippen molar-refractivity contribution in [2.24, 2.45) is 4.99 Å². The molecule has 0 aliphatic rings. The molecule has 2 aromatic carbocycles. The number of rotatable bonds is 7. The van der Waals surface area contributed by atoms with Crippen molar-refractivity contribution >= 4 is 11.9 Å². The minimum Gasteiger partial charge on any atom is -0.496 e. The third kappa shape index (κ3) is 5.37. The number of guanidine groups is 1. The van der Waals surface area contributed by atoms with Gasteiger partial charge in [0, 0.05) is 25.7 Å². The molecule has 0 amide bonds. The van der Waals surface area contributed by atoms with Crippen LogP contribution >= 0.6 is 0 Å². The van der Waals surface area contributed by atoms with E-state index in [0.29, 0.717) is 30.4 Å². The number of hydrogen-bond acceptors (Lipinski definition) is 5. The van der Waals surface area contributed by atoms with Gasteiger partial charge in [0.2, 0.25) is 0 Å². The monoisotopic (exact) mass is 371 g/mol. The van der Waals surface area contributed by atoms with Crippen LogP contribution in [0.1, 0.15) is 21.5 Å². The topological polar surface area (TPSA) is 81.2 Å². The van der Waals surface area contributed by atoms with Crippen LogP contribution in [0.4, 0.5) is 0 Å². The number of para-hydroxylation sites is 1. The van der Waals surface area contributed by atoms with Crippen molar-refractivity contribution < 1.29 is 19.0 Å². The van der Waals surface area contributed by atoms with Crippen LogP contribution in [0, 0.1) is 0 Å². The Hall–Kier alpha value is -3.22. The van der Waals surface area contributed by atoms with Crippen LogP contribution < -0.4 is 20.1 Å². The van der Waals surface area contributed by atoms with Crippen molar-refractivity contribution in [3.8, 4) is 11.5 Å². The molecule has 0 aliphatic heterocycles. The number of carbonyl (C=O) groups excluding carboxylic acids is 1. The maximum absolute atomic E-state index is 11.9. The fourth-order valence-electron chi connectivity index (χ4n) is 2.57. The van der Waals surface area contributed by atoms with Gasteiger partial charge in [0.1, 0.15) is 17.1 Å². The summed E-state index contributed by atoms with van der Waals surface area (Å²) in [6.07, 6.45) is 0. The predicted octanol–water partition coefficient (Wildman–Crippen LogP) is 2.36. The molecular formula is C20H25N3O4. The van der Waals surface area contributed by atoms with Crippen LogP contribution in [0.3, 0.4) is 0 Å². The van der Waals surface area contributed by atoms with E-state index in [0.717, 1.165) is 16.9 Å². The van der Waals surface area contributed by atoms with Gasteiger partial charge in [0.15, 0.2) is 5.96 Å². The lowest BCUT2D eigenvalue weighted by Gasteiger charge is -2.14. The second-order valence-electron chi connectivity index (χ2n) is 5.62. The zero-order valence-electron chi connectivity index (χ0n) is 16.0. The molecule has 0 fully saturated rings. The van der Waals surface area contributed by atoms with E-state index in [-0.39, 0.29) is 0 Å². The molecule has 144 valence electrons. The first kappa shape index (κ1) is 20.1. The molecule has 0 unspecified atom stereocenters. The SMILES string of the molecule is CN=C(NCc1ccc(OC)c(C(=O)OC)c1)NCc1ccccc1OC. The Morgan fingerprint density at radius 2 is 1.67 bits per heavy atom. The highest BCUT2D eigenvalue weighted by Crippen LogP contribution is 2.21. The number of esters is 1. The smallest absolute Gasteiger partial charge is 0.341 e. The van der Waals surface area contributed by atoms with E-state index in [1.807, 2.05) is 30.3 Å². The lowest BCUT2D eigenvalue weighted by Crippen LogP contribution is -2.36. The summed E-state index contributed by atoms with van der Waals surface area (Å²) in [6.45, 7) is 1.05. The van der Waals surface area contributed by atoms with Crippen LogP contribution in [-0.4, -0.2) is 40.3 Å². The normalized spacial score (nSPS) is 10.9. The molecule has 7 heteroatoms. The molecule has 0 aromatic heterocycles. The number of carbonyl (C=O) groups is 1. The molecule has 2 N–H and O–H groups in total. The number of aliphatic imine (C=N–C) groups is 1. The van der Waals surface area contributed by atoms with Crippen molar-refractivity contribution in [2.75, 3.05) is 28.4 Å². The Kier molecular flexibility index (Phi) is 7.49. The molecule has 2 rings (SSSR count). The van der Waals surface area contributed by atoms with Crippen molar-refractivity contribution in [1.82, 2.24) is 10.6 Å². The lowest BCUT2D eigenvalue weighted by molar-refractivity contribution is 0.0597. The van der Waals surface area contributed by atoms with Crippen LogP contribution in [0.5, 0.6) is 11.5 Å². The number of ether oxygens (including phenoxy) is 3. The van der Waals surface area contributed by atoms with Crippen molar-refractivity contribution in [2.45, 2.75) is 13.1 Å². The van der Waals surface area contributed by atoms with E-state index in [1.54, 1.807) is 26.3 Å². The number of methoxy groups -OCH3 is 3. The highest BCUT2D eigenvalue weighted by atomic mass is 16.5. The maximum Gasteiger partial charge on any atom is 0.341 e. The van der Waals surface area contributed by atoms with Crippen LogP contribution in [-0.2, 0) is 17.8 Å². The third-order valence-corrected chi connectivity index (χ3v) is 3.99. The van der Waals surface area contributed by atoms with E-state index < -0.39 is 5.97 Å². The average Bonchev–Trinajstić information content (AvgIpc) is 2.73. The fraction of sp³-hybridized carbons (Fsp3) is 0.300. The van der Waals surface area contributed by atoms with Crippen LogP contribution in [0.2, 0.25) is 0 Å². The molecule has 0 saturated carbocycles. The summed E-state index contributed by atoms with van der Waals surface area (Å²) < 4.78 is 15.4. The van der Waals surface area contributed by atoms with E-state index in [9.17, 15) is 4.79 Å². The Bertz CT molecular complexity index is 806. The third-order valence-electron chi connectivity index (χ3n) is 3.99. The standard InChI is InChI=1S/C20H25N3O4/c1-21-20(23-13-15-7-5-6-8-17(15)25-2)22-12-14-9-10-18(26-3)16(11-14)19(24)27-4/h5-11H,12-13H2,1-4H3,(H2,21,22,23). The number of nitrogens with one attached hydrogen (secondary N) is 2. The number of nitrogens with zero attached hydrogens (tertiary/aromatic N) is 1. The number of hydrogen-bond donors (Lipinski definition) is 2. The van der Waals surface area contributed by atoms with Crippen molar-refractivity contribution in [3.05, 3.63) is 59.2 Å². The van der Waals surface area contributed by atoms with Gasteiger partial charge in [-0.3, -0.25) is 4.99 Å². The van der Waals surface area contributed by atoms with E-state index in [4.69, 9.17) is 14.2 Å². The largest absolute Gasteiger partial charge is 0.496 e. The molecule has 0 atom stereocenters. The van der Waals surface area contributed by atoms with Gasteiger partial charge in [-0.15, -0.1) is 0 Å². The minimum absolute atomic E-state index is 0.385. The molecule has 0 spiro atoms. The average molecular weight is 371 g/mol. The van der Waals surface area contributed by atoms with Gasteiger partial charge in [-0.1, -0.05) is 24.3 Å². The summed E-state index contributed by atoms with van der Waals surface area (Å²) in [7, 11) is 6.21. The summed E-state index contributed by atoms with van der Waals surface area (Å²) in [4.78, 5) is 16.1. The molecule has 0 saturated heterocycles. The van der Waals surface area contributed by atoms with Gasteiger partial charge >= 0.3 is 5.97 Å². The summed E-state index contributed by atoms with van der Waals surface area (Å²) in [6, 6.07) is 13.2. The van der Waals surface area contributed by atoms with Gasteiger partial charge in [0.05, 0.1) is 21.3 Å². The van der Waals surface area contributed by atoms with Crippen LogP contribution in [0.25, 0.3) is 0 Å². The van der Waals surface area contributed by atoms with E-state index in [1.165, 1.54) is 14.2 Å². The van der Waals surface area contributed by atoms with E-state index >= 15 is 0 Å². The van der Waals surface area contributed by atoms with Crippen molar-refractivity contribution in [1.29, 1.82) is 0 Å². The molecular weight excluding hydrogens is 346 g/mol. The Morgan fingerprint density at radius 3 is 2.33 bits per heavy atom. The quantitative estimate of drug-likeness (QED) is 0.442. The molecule has 0 heterocycles. The molecule has 7 nitrogen and oxygen atoms in total.